The predicted molar refractivity (Wildman–Crippen MR) is 70.7 cm³/mol. The fraction of sp³-hybridized carbons (Fsp3) is 0.200. The first-order valence-corrected chi connectivity index (χ1v) is 5.91. The van der Waals surface area contributed by atoms with Crippen LogP contribution in [0, 0.1) is 18.3 Å². The lowest BCUT2D eigenvalue weighted by molar-refractivity contribution is 0.677. The van der Waals surface area contributed by atoms with E-state index in [0.717, 1.165) is 22.5 Å². The number of hydrogen-bond donors (Lipinski definition) is 1. The van der Waals surface area contributed by atoms with E-state index in [1.165, 1.54) is 0 Å². The van der Waals surface area contributed by atoms with Crippen molar-refractivity contribution in [2.75, 3.05) is 0 Å². The van der Waals surface area contributed by atoms with E-state index >= 15 is 0 Å². The average Bonchev–Trinajstić information content (AvgIpc) is 2.39. The van der Waals surface area contributed by atoms with Crippen molar-refractivity contribution < 1.29 is 0 Å². The molecule has 0 aliphatic heterocycles. The lowest BCUT2D eigenvalue weighted by atomic mass is 10.1. The van der Waals surface area contributed by atoms with Crippen LogP contribution in [0.3, 0.4) is 0 Å². The summed E-state index contributed by atoms with van der Waals surface area (Å²) in [6, 6.07) is 15.8. The van der Waals surface area contributed by atoms with Crippen LogP contribution < -0.4 is 5.32 Å². The molecule has 1 N–H and O–H groups in total. The number of hydrogen-bond acceptors (Lipinski definition) is 3. The number of aromatic nitrogens is 1. The third-order valence-corrected chi connectivity index (χ3v) is 2.71. The van der Waals surface area contributed by atoms with E-state index in [1.54, 1.807) is 0 Å². The van der Waals surface area contributed by atoms with Crippen LogP contribution in [0.1, 0.15) is 22.5 Å². The number of aryl methyl sites for hydroxylation is 1. The molecule has 3 nitrogen and oxygen atoms in total. The molecule has 0 saturated carbocycles. The molecule has 0 radical (unpaired) electrons. The van der Waals surface area contributed by atoms with E-state index in [-0.39, 0.29) is 0 Å². The van der Waals surface area contributed by atoms with E-state index < -0.39 is 0 Å². The third-order valence-electron chi connectivity index (χ3n) is 2.71. The molecule has 0 spiro atoms. The zero-order chi connectivity index (χ0) is 12.8. The molecule has 1 aromatic heterocycles. The molecule has 0 saturated heterocycles. The van der Waals surface area contributed by atoms with E-state index in [2.05, 4.69) is 16.4 Å². The van der Waals surface area contributed by atoms with Crippen molar-refractivity contribution in [2.45, 2.75) is 20.0 Å². The highest BCUT2D eigenvalue weighted by atomic mass is 14.9. The molecule has 0 fully saturated rings. The lowest BCUT2D eigenvalue weighted by Gasteiger charge is -2.06. The molecule has 90 valence electrons. The van der Waals surface area contributed by atoms with Gasteiger partial charge in [0.05, 0.1) is 17.3 Å². The Morgan fingerprint density at radius 2 is 1.94 bits per heavy atom. The van der Waals surface area contributed by atoms with Crippen molar-refractivity contribution in [3.05, 3.63) is 65.0 Å². The Kier molecular flexibility index (Phi) is 4.06. The van der Waals surface area contributed by atoms with Gasteiger partial charge in [0.2, 0.25) is 0 Å². The average molecular weight is 237 g/mol. The Morgan fingerprint density at radius 3 is 2.72 bits per heavy atom. The second-order valence-corrected chi connectivity index (χ2v) is 4.14. The summed E-state index contributed by atoms with van der Waals surface area (Å²) in [5.74, 6) is 0. The molecule has 0 aliphatic rings. The molecule has 0 atom stereocenters. The summed E-state index contributed by atoms with van der Waals surface area (Å²) >= 11 is 0. The number of nitrogens with zero attached hydrogens (tertiary/aromatic N) is 2. The van der Waals surface area contributed by atoms with Gasteiger partial charge in [-0.15, -0.1) is 0 Å². The molecule has 1 heterocycles. The van der Waals surface area contributed by atoms with Crippen LogP contribution in [0.25, 0.3) is 0 Å². The van der Waals surface area contributed by atoms with Crippen LogP contribution in [0.2, 0.25) is 0 Å². The van der Waals surface area contributed by atoms with Gasteiger partial charge in [-0.2, -0.15) is 5.26 Å². The molecular formula is C15H15N3. The minimum absolute atomic E-state index is 0.680. The van der Waals surface area contributed by atoms with Gasteiger partial charge < -0.3 is 5.32 Å². The van der Waals surface area contributed by atoms with Crippen molar-refractivity contribution in [2.24, 2.45) is 0 Å². The fourth-order valence-corrected chi connectivity index (χ4v) is 1.81. The van der Waals surface area contributed by atoms with E-state index in [4.69, 9.17) is 5.26 Å². The van der Waals surface area contributed by atoms with Gasteiger partial charge in [0.1, 0.15) is 0 Å². The van der Waals surface area contributed by atoms with Gasteiger partial charge in [-0.05, 0) is 30.7 Å². The van der Waals surface area contributed by atoms with Gasteiger partial charge in [-0.3, -0.25) is 4.98 Å². The molecular weight excluding hydrogens is 222 g/mol. The maximum atomic E-state index is 8.98. The summed E-state index contributed by atoms with van der Waals surface area (Å²) in [7, 11) is 0. The molecule has 0 amide bonds. The first-order chi connectivity index (χ1) is 8.79. The highest BCUT2D eigenvalue weighted by molar-refractivity contribution is 5.37. The number of rotatable bonds is 4. The summed E-state index contributed by atoms with van der Waals surface area (Å²) < 4.78 is 0. The standard InChI is InChI=1S/C15H15N3/c1-12-5-4-8-15(18-12)11-17-10-14-7-3-2-6-13(14)9-16/h2-8,17H,10-11H2,1H3. The Morgan fingerprint density at radius 1 is 1.11 bits per heavy atom. The third kappa shape index (κ3) is 3.16. The second-order valence-electron chi connectivity index (χ2n) is 4.14. The monoisotopic (exact) mass is 237 g/mol. The van der Waals surface area contributed by atoms with Crippen LogP contribution in [0.15, 0.2) is 42.5 Å². The summed E-state index contributed by atoms with van der Waals surface area (Å²) in [4.78, 5) is 4.42. The molecule has 2 aromatic rings. The molecule has 0 aliphatic carbocycles. The molecule has 2 rings (SSSR count). The van der Waals surface area contributed by atoms with E-state index in [1.807, 2.05) is 49.4 Å². The number of nitrogens with one attached hydrogen (secondary N) is 1. The minimum Gasteiger partial charge on any atom is -0.307 e. The van der Waals surface area contributed by atoms with Gasteiger partial charge >= 0.3 is 0 Å². The first-order valence-electron chi connectivity index (χ1n) is 5.91. The lowest BCUT2D eigenvalue weighted by Crippen LogP contribution is -2.14. The highest BCUT2D eigenvalue weighted by Gasteiger charge is 2.00. The zero-order valence-electron chi connectivity index (χ0n) is 10.4. The number of benzene rings is 1. The molecule has 18 heavy (non-hydrogen) atoms. The maximum absolute atomic E-state index is 8.98. The smallest absolute Gasteiger partial charge is 0.0995 e. The maximum Gasteiger partial charge on any atom is 0.0995 e. The quantitative estimate of drug-likeness (QED) is 0.889. The van der Waals surface area contributed by atoms with Gasteiger partial charge in [0, 0.05) is 18.8 Å². The largest absolute Gasteiger partial charge is 0.307 e. The Balaban J connectivity index is 1.95. The molecule has 1 aromatic carbocycles. The Hall–Kier alpha value is -2.18. The molecule has 0 bridgehead atoms. The first kappa shape index (κ1) is 12.3. The Bertz CT molecular complexity index is 570. The second kappa shape index (κ2) is 5.95. The summed E-state index contributed by atoms with van der Waals surface area (Å²) in [5.41, 5.74) is 3.78. The van der Waals surface area contributed by atoms with Gasteiger partial charge in [-0.25, -0.2) is 0 Å². The topological polar surface area (TPSA) is 48.7 Å². The molecule has 3 heteroatoms. The van der Waals surface area contributed by atoms with Crippen LogP contribution >= 0.6 is 0 Å². The number of nitriles is 1. The summed E-state index contributed by atoms with van der Waals surface area (Å²) in [6.07, 6.45) is 0. The predicted octanol–water partition coefficient (Wildman–Crippen LogP) is 2.55. The van der Waals surface area contributed by atoms with Crippen molar-refractivity contribution in [3.8, 4) is 6.07 Å². The zero-order valence-corrected chi connectivity index (χ0v) is 10.4. The van der Waals surface area contributed by atoms with Gasteiger partial charge in [-0.1, -0.05) is 24.3 Å². The summed E-state index contributed by atoms with van der Waals surface area (Å²) in [6.45, 7) is 3.37. The molecule has 0 unspecified atom stereocenters. The van der Waals surface area contributed by atoms with E-state index in [9.17, 15) is 0 Å². The fourth-order valence-electron chi connectivity index (χ4n) is 1.81. The van der Waals surface area contributed by atoms with Crippen LogP contribution in [-0.2, 0) is 13.1 Å². The van der Waals surface area contributed by atoms with E-state index in [0.29, 0.717) is 13.1 Å². The van der Waals surface area contributed by atoms with Crippen molar-refractivity contribution in [3.63, 3.8) is 0 Å². The van der Waals surface area contributed by atoms with Gasteiger partial charge in [0.15, 0.2) is 0 Å². The van der Waals surface area contributed by atoms with Crippen molar-refractivity contribution in [1.29, 1.82) is 5.26 Å². The minimum atomic E-state index is 0.680. The highest BCUT2D eigenvalue weighted by Crippen LogP contribution is 2.07. The Labute approximate surface area is 107 Å². The summed E-state index contributed by atoms with van der Waals surface area (Å²) in [5, 5.41) is 12.3. The van der Waals surface area contributed by atoms with Gasteiger partial charge in [0.25, 0.3) is 0 Å². The number of pyridine rings is 1. The SMILES string of the molecule is Cc1cccc(CNCc2ccccc2C#N)n1. The normalized spacial score (nSPS) is 10.0. The van der Waals surface area contributed by atoms with Crippen LogP contribution in [-0.4, -0.2) is 4.98 Å². The van der Waals surface area contributed by atoms with Crippen LogP contribution in [0.4, 0.5) is 0 Å². The van der Waals surface area contributed by atoms with Crippen molar-refractivity contribution in [1.82, 2.24) is 10.3 Å². The van der Waals surface area contributed by atoms with Crippen LogP contribution in [0.5, 0.6) is 0 Å². The van der Waals surface area contributed by atoms with Crippen molar-refractivity contribution >= 4 is 0 Å².